The van der Waals surface area contributed by atoms with E-state index in [0.717, 1.165) is 82.9 Å². The fourth-order valence-electron chi connectivity index (χ4n) is 12.8. The third-order valence-electron chi connectivity index (χ3n) is 16.7. The standard InChI is InChI=1S/C75H42N4O2S2/c1-3-13-43(14-4-1)73-76-74(49-26-32-54-53-31-25-48(41-65(53)81-66(54)42-49)51-19-12-24-70-72(51)55-18-8-10-23-67(55)83-70)78-75(77-73)56-20-11-22-64-71(56)60-40-45(28-34-63(60)80-64)47-30-36-69-59(39-47)58-38-46(29-35-68(58)82-69)44-27-33-62-57(37-44)52-17-7-9-21-61(52)79(62)50-15-5-2-6-16-50/h1-42H. The molecule has 0 N–H and O–H groups in total. The van der Waals surface area contributed by atoms with Gasteiger partial charge in [-0.2, -0.15) is 0 Å². The molecule has 0 fully saturated rings. The van der Waals surface area contributed by atoms with Crippen molar-refractivity contribution < 1.29 is 8.83 Å². The van der Waals surface area contributed by atoms with E-state index in [2.05, 4.69) is 217 Å². The second-order valence-electron chi connectivity index (χ2n) is 21.4. The fraction of sp³-hybridized carbons (Fsp3) is 0. The summed E-state index contributed by atoms with van der Waals surface area (Å²) in [5.74, 6) is 1.69. The monoisotopic (exact) mass is 1090 g/mol. The van der Waals surface area contributed by atoms with Gasteiger partial charge in [-0.15, -0.1) is 22.7 Å². The zero-order valence-corrected chi connectivity index (χ0v) is 45.8. The van der Waals surface area contributed by atoms with Crippen molar-refractivity contribution in [2.24, 2.45) is 0 Å². The smallest absolute Gasteiger partial charge is 0.164 e. The molecule has 12 aromatic carbocycles. The molecule has 6 aromatic heterocycles. The number of hydrogen-bond donors (Lipinski definition) is 0. The molecule has 0 unspecified atom stereocenters. The van der Waals surface area contributed by atoms with Crippen LogP contribution in [0.25, 0.3) is 179 Å². The third kappa shape index (κ3) is 7.30. The van der Waals surface area contributed by atoms with E-state index in [1.165, 1.54) is 78.8 Å². The molecule has 0 aliphatic rings. The van der Waals surface area contributed by atoms with Crippen molar-refractivity contribution >= 4 is 129 Å². The van der Waals surface area contributed by atoms with Crippen LogP contribution >= 0.6 is 22.7 Å². The first kappa shape index (κ1) is 46.3. The van der Waals surface area contributed by atoms with E-state index in [-0.39, 0.29) is 0 Å². The number of aromatic nitrogens is 4. The number of benzene rings is 12. The number of furan rings is 2. The fourth-order valence-corrected chi connectivity index (χ4v) is 15.0. The number of para-hydroxylation sites is 2. The molecule has 6 heterocycles. The van der Waals surface area contributed by atoms with Gasteiger partial charge < -0.3 is 13.4 Å². The predicted molar refractivity (Wildman–Crippen MR) is 347 cm³/mol. The molecule has 386 valence electrons. The Morgan fingerprint density at radius 3 is 1.58 bits per heavy atom. The normalized spacial score (nSPS) is 12.1. The number of hydrogen-bond acceptors (Lipinski definition) is 7. The summed E-state index contributed by atoms with van der Waals surface area (Å²) in [6.07, 6.45) is 0. The molecular weight excluding hydrogens is 1050 g/mol. The predicted octanol–water partition coefficient (Wildman–Crippen LogP) is 21.5. The van der Waals surface area contributed by atoms with E-state index < -0.39 is 0 Å². The summed E-state index contributed by atoms with van der Waals surface area (Å²) in [5, 5.41) is 11.6. The minimum Gasteiger partial charge on any atom is -0.456 e. The van der Waals surface area contributed by atoms with Crippen molar-refractivity contribution in [3.05, 3.63) is 255 Å². The highest BCUT2D eigenvalue weighted by molar-refractivity contribution is 7.26. The van der Waals surface area contributed by atoms with E-state index in [0.29, 0.717) is 17.5 Å². The summed E-state index contributed by atoms with van der Waals surface area (Å²) in [6, 6.07) is 91.0. The van der Waals surface area contributed by atoms with Crippen LogP contribution in [0.3, 0.4) is 0 Å². The van der Waals surface area contributed by atoms with Crippen LogP contribution in [0.2, 0.25) is 0 Å². The van der Waals surface area contributed by atoms with E-state index >= 15 is 0 Å². The van der Waals surface area contributed by atoms with Crippen molar-refractivity contribution in [3.63, 3.8) is 0 Å². The lowest BCUT2D eigenvalue weighted by molar-refractivity contribution is 0.668. The molecule has 8 heteroatoms. The molecule has 18 aromatic rings. The number of fused-ring (bicyclic) bond motifs is 15. The minimum atomic E-state index is 0.550. The van der Waals surface area contributed by atoms with Crippen LogP contribution in [0.1, 0.15) is 0 Å². The molecule has 0 spiro atoms. The lowest BCUT2D eigenvalue weighted by Crippen LogP contribution is -2.00. The Kier molecular flexibility index (Phi) is 10.0. The molecule has 6 nitrogen and oxygen atoms in total. The summed E-state index contributed by atoms with van der Waals surface area (Å²) in [7, 11) is 0. The SMILES string of the molecule is c1ccc(-c2nc(-c3ccc4c(c3)oc3cc(-c5cccc6sc7ccccc7c56)ccc34)nc(-c3cccc4oc5ccc(-c6ccc7sc8ccc(-c9ccc%10c(c9)c9ccccc9n%10-c9ccccc9)cc8c7c6)cc5c34)n2)cc1. The van der Waals surface area contributed by atoms with Crippen LogP contribution in [0, 0.1) is 0 Å². The van der Waals surface area contributed by atoms with Gasteiger partial charge in [0.05, 0.1) is 11.0 Å². The van der Waals surface area contributed by atoms with Crippen LogP contribution in [0.15, 0.2) is 264 Å². The van der Waals surface area contributed by atoms with Crippen molar-refractivity contribution in [3.8, 4) is 73.2 Å². The quantitative estimate of drug-likeness (QED) is 0.159. The highest BCUT2D eigenvalue weighted by Crippen LogP contribution is 2.45. The molecule has 0 amide bonds. The summed E-state index contributed by atoms with van der Waals surface area (Å²) >= 11 is 3.67. The van der Waals surface area contributed by atoms with Crippen molar-refractivity contribution in [2.45, 2.75) is 0 Å². The van der Waals surface area contributed by atoms with Crippen LogP contribution < -0.4 is 0 Å². The van der Waals surface area contributed by atoms with Gasteiger partial charge in [0.15, 0.2) is 17.5 Å². The third-order valence-corrected chi connectivity index (χ3v) is 19.0. The van der Waals surface area contributed by atoms with E-state index in [4.69, 9.17) is 23.8 Å². The van der Waals surface area contributed by atoms with E-state index in [9.17, 15) is 0 Å². The molecule has 0 atom stereocenters. The Morgan fingerprint density at radius 2 is 0.795 bits per heavy atom. The summed E-state index contributed by atoms with van der Waals surface area (Å²) in [5.41, 5.74) is 16.2. The maximum Gasteiger partial charge on any atom is 0.164 e. The molecule has 0 radical (unpaired) electrons. The van der Waals surface area contributed by atoms with Gasteiger partial charge in [0.1, 0.15) is 22.3 Å². The molecule has 0 saturated carbocycles. The second kappa shape index (κ2) is 18.0. The topological polar surface area (TPSA) is 69.9 Å². The summed E-state index contributed by atoms with van der Waals surface area (Å²) in [4.78, 5) is 15.7. The summed E-state index contributed by atoms with van der Waals surface area (Å²) in [6.45, 7) is 0. The van der Waals surface area contributed by atoms with Crippen molar-refractivity contribution in [2.75, 3.05) is 0 Å². The molecule has 0 bridgehead atoms. The van der Waals surface area contributed by atoms with Gasteiger partial charge in [-0.1, -0.05) is 146 Å². The molecule has 83 heavy (non-hydrogen) atoms. The van der Waals surface area contributed by atoms with Gasteiger partial charge in [0, 0.05) is 95.0 Å². The lowest BCUT2D eigenvalue weighted by Gasteiger charge is -2.09. The highest BCUT2D eigenvalue weighted by Gasteiger charge is 2.21. The lowest BCUT2D eigenvalue weighted by atomic mass is 9.98. The molecule has 0 aliphatic carbocycles. The largest absolute Gasteiger partial charge is 0.456 e. The second-order valence-corrected chi connectivity index (χ2v) is 23.6. The van der Waals surface area contributed by atoms with Crippen molar-refractivity contribution in [1.82, 2.24) is 19.5 Å². The number of nitrogens with zero attached hydrogens (tertiary/aromatic N) is 4. The van der Waals surface area contributed by atoms with Gasteiger partial charge in [-0.05, 0) is 143 Å². The average molecular weight is 1100 g/mol. The van der Waals surface area contributed by atoms with Gasteiger partial charge in [-0.25, -0.2) is 15.0 Å². The maximum atomic E-state index is 6.75. The van der Waals surface area contributed by atoms with Crippen LogP contribution in [-0.2, 0) is 0 Å². The van der Waals surface area contributed by atoms with E-state index in [1.807, 2.05) is 65.1 Å². The van der Waals surface area contributed by atoms with E-state index in [1.54, 1.807) is 0 Å². The van der Waals surface area contributed by atoms with Crippen molar-refractivity contribution in [1.29, 1.82) is 0 Å². The number of thiophene rings is 2. The average Bonchev–Trinajstić information content (AvgIpc) is 2.95. The Hall–Kier alpha value is -10.5. The van der Waals surface area contributed by atoms with Gasteiger partial charge >= 0.3 is 0 Å². The summed E-state index contributed by atoms with van der Waals surface area (Å²) < 4.78 is 20.8. The molecule has 18 rings (SSSR count). The Morgan fingerprint density at radius 1 is 0.265 bits per heavy atom. The Labute approximate surface area is 482 Å². The maximum absolute atomic E-state index is 6.75. The first-order valence-corrected chi connectivity index (χ1v) is 29.4. The van der Waals surface area contributed by atoms with Crippen LogP contribution in [0.4, 0.5) is 0 Å². The van der Waals surface area contributed by atoms with Crippen LogP contribution in [-0.4, -0.2) is 19.5 Å². The first-order chi connectivity index (χ1) is 41.1. The molecule has 0 aliphatic heterocycles. The van der Waals surface area contributed by atoms with Gasteiger partial charge in [0.2, 0.25) is 0 Å². The van der Waals surface area contributed by atoms with Gasteiger partial charge in [-0.3, -0.25) is 0 Å². The van der Waals surface area contributed by atoms with Crippen LogP contribution in [0.5, 0.6) is 0 Å². The zero-order valence-electron chi connectivity index (χ0n) is 44.2. The minimum absolute atomic E-state index is 0.550. The zero-order chi connectivity index (χ0) is 54.3. The number of rotatable bonds is 7. The Balaban J connectivity index is 0.729. The first-order valence-electron chi connectivity index (χ1n) is 27.8. The molecular formula is C75H42N4O2S2. The molecule has 0 saturated heterocycles. The van der Waals surface area contributed by atoms with Gasteiger partial charge in [0.25, 0.3) is 0 Å². The highest BCUT2D eigenvalue weighted by atomic mass is 32.1. The Bertz CT molecular complexity index is 5710.